The summed E-state index contributed by atoms with van der Waals surface area (Å²) in [5.74, 6) is 0. The number of nitrogens with zero attached hydrogens (tertiary/aromatic N) is 3. The fourth-order valence-electron chi connectivity index (χ4n) is 1.25. The van der Waals surface area contributed by atoms with Crippen LogP contribution in [0.2, 0.25) is 0 Å². The van der Waals surface area contributed by atoms with E-state index >= 15 is 0 Å². The third kappa shape index (κ3) is 4.72. The molecule has 0 fully saturated rings. The lowest BCUT2D eigenvalue weighted by Gasteiger charge is -2.09. The van der Waals surface area contributed by atoms with Crippen LogP contribution in [0.15, 0.2) is 6.20 Å². The Kier molecular flexibility index (Phi) is 6.03. The van der Waals surface area contributed by atoms with Gasteiger partial charge in [-0.25, -0.2) is 4.68 Å². The van der Waals surface area contributed by atoms with E-state index < -0.39 is 0 Å². The molecule has 0 aromatic carbocycles. The van der Waals surface area contributed by atoms with E-state index in [0.29, 0.717) is 12.7 Å². The van der Waals surface area contributed by atoms with Crippen LogP contribution >= 0.6 is 0 Å². The average molecular weight is 226 g/mol. The zero-order chi connectivity index (χ0) is 11.8. The minimum Gasteiger partial charge on any atom is -0.377 e. The van der Waals surface area contributed by atoms with Crippen molar-refractivity contribution in [3.63, 3.8) is 0 Å². The molecule has 1 rings (SSSR count). The minimum absolute atomic E-state index is 0.324. The molecule has 0 amide bonds. The topological polar surface area (TPSA) is 52.0 Å². The van der Waals surface area contributed by atoms with Crippen molar-refractivity contribution < 1.29 is 4.74 Å². The molecule has 5 heteroatoms. The molecule has 0 radical (unpaired) electrons. The van der Waals surface area contributed by atoms with Gasteiger partial charge in [0.15, 0.2) is 0 Å². The van der Waals surface area contributed by atoms with E-state index in [0.717, 1.165) is 31.7 Å². The summed E-state index contributed by atoms with van der Waals surface area (Å²) in [4.78, 5) is 0. The SMILES string of the molecule is CCNCc1cn(CCOC(C)CC)nn1. The average Bonchev–Trinajstić information content (AvgIpc) is 2.74. The fraction of sp³-hybridized carbons (Fsp3) is 0.818. The predicted octanol–water partition coefficient (Wildman–Crippen LogP) is 1.20. The number of hydrogen-bond donors (Lipinski definition) is 1. The molecular weight excluding hydrogens is 204 g/mol. The maximum atomic E-state index is 5.58. The molecule has 1 aromatic rings. The molecule has 0 aliphatic carbocycles. The molecule has 1 heterocycles. The van der Waals surface area contributed by atoms with Crippen LogP contribution in [-0.2, 0) is 17.8 Å². The quantitative estimate of drug-likeness (QED) is 0.723. The van der Waals surface area contributed by atoms with Gasteiger partial charge >= 0.3 is 0 Å². The molecule has 16 heavy (non-hydrogen) atoms. The van der Waals surface area contributed by atoms with Gasteiger partial charge in [0.2, 0.25) is 0 Å². The normalized spacial score (nSPS) is 12.9. The van der Waals surface area contributed by atoms with Crippen molar-refractivity contribution in [3.8, 4) is 0 Å². The van der Waals surface area contributed by atoms with Crippen LogP contribution in [0.25, 0.3) is 0 Å². The molecule has 1 N–H and O–H groups in total. The molecular formula is C11H22N4O. The number of rotatable bonds is 8. The summed E-state index contributed by atoms with van der Waals surface area (Å²) < 4.78 is 7.41. The van der Waals surface area contributed by atoms with E-state index in [4.69, 9.17) is 4.74 Å². The van der Waals surface area contributed by atoms with Gasteiger partial charge in [-0.15, -0.1) is 5.10 Å². The Morgan fingerprint density at radius 1 is 1.50 bits per heavy atom. The van der Waals surface area contributed by atoms with Gasteiger partial charge in [-0.1, -0.05) is 19.1 Å². The summed E-state index contributed by atoms with van der Waals surface area (Å²) >= 11 is 0. The molecule has 1 atom stereocenters. The monoisotopic (exact) mass is 226 g/mol. The first-order valence-electron chi connectivity index (χ1n) is 5.97. The van der Waals surface area contributed by atoms with Crippen LogP contribution in [0, 0.1) is 0 Å². The predicted molar refractivity (Wildman–Crippen MR) is 63.1 cm³/mol. The lowest BCUT2D eigenvalue weighted by Crippen LogP contribution is -2.13. The molecule has 5 nitrogen and oxygen atoms in total. The van der Waals surface area contributed by atoms with E-state index in [9.17, 15) is 0 Å². The Balaban J connectivity index is 2.23. The Labute approximate surface area is 97.2 Å². The second-order valence-electron chi connectivity index (χ2n) is 3.84. The van der Waals surface area contributed by atoms with Crippen LogP contribution < -0.4 is 5.32 Å². The van der Waals surface area contributed by atoms with Crippen LogP contribution in [0.5, 0.6) is 0 Å². The van der Waals surface area contributed by atoms with E-state index in [1.165, 1.54) is 0 Å². The van der Waals surface area contributed by atoms with Gasteiger partial charge in [0, 0.05) is 12.7 Å². The summed E-state index contributed by atoms with van der Waals surface area (Å²) in [7, 11) is 0. The largest absolute Gasteiger partial charge is 0.377 e. The van der Waals surface area contributed by atoms with Crippen LogP contribution in [0.3, 0.4) is 0 Å². The standard InChI is InChI=1S/C11H22N4O/c1-4-10(3)16-7-6-15-9-11(13-14-15)8-12-5-2/h9-10,12H,4-8H2,1-3H3. The lowest BCUT2D eigenvalue weighted by atomic mass is 10.3. The molecule has 0 spiro atoms. The first kappa shape index (κ1) is 13.1. The minimum atomic E-state index is 0.324. The van der Waals surface area contributed by atoms with E-state index in [1.807, 2.05) is 10.9 Å². The zero-order valence-corrected chi connectivity index (χ0v) is 10.4. The van der Waals surface area contributed by atoms with Crippen molar-refractivity contribution in [1.82, 2.24) is 20.3 Å². The van der Waals surface area contributed by atoms with Crippen molar-refractivity contribution in [2.45, 2.75) is 46.4 Å². The molecule has 0 bridgehead atoms. The highest BCUT2D eigenvalue weighted by Gasteiger charge is 2.01. The first-order valence-corrected chi connectivity index (χ1v) is 5.97. The van der Waals surface area contributed by atoms with Crippen molar-refractivity contribution >= 4 is 0 Å². The number of ether oxygens (including phenoxy) is 1. The summed E-state index contributed by atoms with van der Waals surface area (Å²) in [6, 6.07) is 0. The highest BCUT2D eigenvalue weighted by Crippen LogP contribution is 1.97. The van der Waals surface area contributed by atoms with Gasteiger partial charge in [0.1, 0.15) is 0 Å². The summed E-state index contributed by atoms with van der Waals surface area (Å²) in [6.07, 6.45) is 3.33. The summed E-state index contributed by atoms with van der Waals surface area (Å²) in [5, 5.41) is 11.3. The summed E-state index contributed by atoms with van der Waals surface area (Å²) in [6.45, 7) is 9.46. The Morgan fingerprint density at radius 2 is 2.31 bits per heavy atom. The van der Waals surface area contributed by atoms with E-state index in [2.05, 4.69) is 36.4 Å². The number of aromatic nitrogens is 3. The molecule has 0 saturated heterocycles. The number of nitrogens with one attached hydrogen (secondary N) is 1. The third-order valence-electron chi connectivity index (χ3n) is 2.44. The summed E-state index contributed by atoms with van der Waals surface area (Å²) in [5.41, 5.74) is 0.977. The fourth-order valence-corrected chi connectivity index (χ4v) is 1.25. The third-order valence-corrected chi connectivity index (χ3v) is 2.44. The first-order chi connectivity index (χ1) is 7.76. The molecule has 1 aromatic heterocycles. The highest BCUT2D eigenvalue weighted by molar-refractivity contribution is 4.91. The van der Waals surface area contributed by atoms with Crippen LogP contribution in [-0.4, -0.2) is 34.2 Å². The van der Waals surface area contributed by atoms with Crippen molar-refractivity contribution in [2.24, 2.45) is 0 Å². The molecule has 0 aliphatic rings. The van der Waals surface area contributed by atoms with Gasteiger partial charge in [-0.05, 0) is 19.9 Å². The van der Waals surface area contributed by atoms with Gasteiger partial charge in [-0.2, -0.15) is 0 Å². The van der Waals surface area contributed by atoms with Crippen molar-refractivity contribution in [1.29, 1.82) is 0 Å². The second-order valence-corrected chi connectivity index (χ2v) is 3.84. The van der Waals surface area contributed by atoms with Gasteiger partial charge in [0.25, 0.3) is 0 Å². The van der Waals surface area contributed by atoms with Crippen molar-refractivity contribution in [2.75, 3.05) is 13.2 Å². The van der Waals surface area contributed by atoms with E-state index in [-0.39, 0.29) is 0 Å². The van der Waals surface area contributed by atoms with Gasteiger partial charge in [0.05, 0.1) is 24.9 Å². The Hall–Kier alpha value is -0.940. The lowest BCUT2D eigenvalue weighted by molar-refractivity contribution is 0.0562. The second kappa shape index (κ2) is 7.35. The van der Waals surface area contributed by atoms with Gasteiger partial charge in [-0.3, -0.25) is 0 Å². The zero-order valence-electron chi connectivity index (χ0n) is 10.4. The molecule has 92 valence electrons. The molecule has 1 unspecified atom stereocenters. The Bertz CT molecular complexity index is 287. The maximum absolute atomic E-state index is 5.58. The Morgan fingerprint density at radius 3 is 3.00 bits per heavy atom. The molecule has 0 aliphatic heterocycles. The van der Waals surface area contributed by atoms with E-state index in [1.54, 1.807) is 0 Å². The molecule has 0 saturated carbocycles. The number of hydrogen-bond acceptors (Lipinski definition) is 4. The van der Waals surface area contributed by atoms with Crippen LogP contribution in [0.4, 0.5) is 0 Å². The van der Waals surface area contributed by atoms with Crippen molar-refractivity contribution in [3.05, 3.63) is 11.9 Å². The van der Waals surface area contributed by atoms with Crippen LogP contribution in [0.1, 0.15) is 32.9 Å². The van der Waals surface area contributed by atoms with Gasteiger partial charge < -0.3 is 10.1 Å². The smallest absolute Gasteiger partial charge is 0.0964 e. The highest BCUT2D eigenvalue weighted by atomic mass is 16.5. The maximum Gasteiger partial charge on any atom is 0.0964 e.